The van der Waals surface area contributed by atoms with Crippen molar-refractivity contribution in [1.29, 1.82) is 0 Å². The Bertz CT molecular complexity index is 345. The predicted molar refractivity (Wildman–Crippen MR) is 75.4 cm³/mol. The molecule has 108 valence electrons. The molecule has 2 aliphatic heterocycles. The zero-order chi connectivity index (χ0) is 13.8. The lowest BCUT2D eigenvalue weighted by molar-refractivity contribution is -0.138. The molecular formula is C13H22N2O3S. The number of carboxylic acid groups (broad SMARTS) is 1. The van der Waals surface area contributed by atoms with Crippen molar-refractivity contribution in [1.82, 2.24) is 9.80 Å². The van der Waals surface area contributed by atoms with Crippen LogP contribution in [0.15, 0.2) is 0 Å². The molecule has 2 aliphatic rings. The summed E-state index contributed by atoms with van der Waals surface area (Å²) in [6.45, 7) is 1.36. The summed E-state index contributed by atoms with van der Waals surface area (Å²) < 4.78 is 0. The summed E-state index contributed by atoms with van der Waals surface area (Å²) in [4.78, 5) is 26.9. The smallest absolute Gasteiger partial charge is 0.320 e. The second kappa shape index (κ2) is 6.50. The van der Waals surface area contributed by atoms with Gasteiger partial charge in [0.25, 0.3) is 0 Å². The first-order valence-corrected chi connectivity index (χ1v) is 8.04. The number of likely N-dealkylation sites (tertiary alicyclic amines) is 1. The number of thioether (sulfide) groups is 1. The maximum Gasteiger partial charge on any atom is 0.320 e. The molecule has 0 bridgehead atoms. The Balaban J connectivity index is 1.88. The van der Waals surface area contributed by atoms with E-state index in [0.717, 1.165) is 37.3 Å². The average Bonchev–Trinajstić information content (AvgIpc) is 2.90. The molecule has 0 aromatic carbocycles. The molecule has 0 saturated carbocycles. The molecule has 0 radical (unpaired) electrons. The molecule has 2 atom stereocenters. The van der Waals surface area contributed by atoms with Crippen LogP contribution in [0, 0.1) is 5.92 Å². The quantitative estimate of drug-likeness (QED) is 0.858. The number of amides is 2. The lowest BCUT2D eigenvalue weighted by Crippen LogP contribution is -2.49. The summed E-state index contributed by atoms with van der Waals surface area (Å²) in [6.07, 6.45) is 3.07. The molecule has 19 heavy (non-hydrogen) atoms. The molecule has 0 aromatic rings. The van der Waals surface area contributed by atoms with Gasteiger partial charge >= 0.3 is 12.0 Å². The summed E-state index contributed by atoms with van der Waals surface area (Å²) in [7, 11) is 1.87. The molecule has 0 aromatic heterocycles. The first-order chi connectivity index (χ1) is 9.08. The van der Waals surface area contributed by atoms with Gasteiger partial charge in [0, 0.05) is 38.4 Å². The maximum atomic E-state index is 12.4. The number of carbonyl (C=O) groups is 2. The van der Waals surface area contributed by atoms with Crippen molar-refractivity contribution in [3.05, 3.63) is 0 Å². The highest BCUT2D eigenvalue weighted by atomic mass is 32.2. The van der Waals surface area contributed by atoms with Crippen LogP contribution in [0.3, 0.4) is 0 Å². The minimum Gasteiger partial charge on any atom is -0.481 e. The van der Waals surface area contributed by atoms with Gasteiger partial charge in [0.15, 0.2) is 0 Å². The van der Waals surface area contributed by atoms with Gasteiger partial charge in [-0.15, -0.1) is 0 Å². The average molecular weight is 286 g/mol. The summed E-state index contributed by atoms with van der Waals surface area (Å²) in [5.41, 5.74) is 0. The van der Waals surface area contributed by atoms with Gasteiger partial charge in [-0.3, -0.25) is 4.79 Å². The molecule has 2 fully saturated rings. The molecule has 1 N–H and O–H groups in total. The van der Waals surface area contributed by atoms with E-state index >= 15 is 0 Å². The SMILES string of the molecule is CN(C(=O)N1CCCC(CC(=O)O)C1)C1CCSC1. The van der Waals surface area contributed by atoms with E-state index in [9.17, 15) is 9.59 Å². The topological polar surface area (TPSA) is 60.9 Å². The Labute approximate surface area is 118 Å². The standard InChI is InChI=1S/C13H22N2O3S/c1-14(11-4-6-19-9-11)13(18)15-5-2-3-10(8-15)7-12(16)17/h10-11H,2-9H2,1H3,(H,16,17). The summed E-state index contributed by atoms with van der Waals surface area (Å²) in [6, 6.07) is 0.417. The van der Waals surface area contributed by atoms with Gasteiger partial charge in [0.05, 0.1) is 0 Å². The van der Waals surface area contributed by atoms with E-state index in [1.54, 1.807) is 0 Å². The molecule has 6 heteroatoms. The zero-order valence-electron chi connectivity index (χ0n) is 11.4. The van der Waals surface area contributed by atoms with Crippen molar-refractivity contribution < 1.29 is 14.7 Å². The number of rotatable bonds is 3. The minimum absolute atomic E-state index is 0.0718. The minimum atomic E-state index is -0.764. The predicted octanol–water partition coefficient (Wildman–Crippen LogP) is 1.73. The fourth-order valence-electron chi connectivity index (χ4n) is 2.86. The molecule has 2 rings (SSSR count). The van der Waals surface area contributed by atoms with E-state index in [2.05, 4.69) is 0 Å². The highest BCUT2D eigenvalue weighted by Gasteiger charge is 2.30. The van der Waals surface area contributed by atoms with Gasteiger partial charge < -0.3 is 14.9 Å². The van der Waals surface area contributed by atoms with Crippen molar-refractivity contribution in [3.8, 4) is 0 Å². The fourth-order valence-corrected chi connectivity index (χ4v) is 4.13. The van der Waals surface area contributed by atoms with Gasteiger partial charge in [0.2, 0.25) is 0 Å². The van der Waals surface area contributed by atoms with Crippen molar-refractivity contribution in [2.45, 2.75) is 31.7 Å². The highest BCUT2D eigenvalue weighted by Crippen LogP contribution is 2.24. The second-order valence-corrected chi connectivity index (χ2v) is 6.61. The van der Waals surface area contributed by atoms with Gasteiger partial charge in [-0.05, 0) is 30.9 Å². The largest absolute Gasteiger partial charge is 0.481 e. The molecule has 2 heterocycles. The van der Waals surface area contributed by atoms with Crippen molar-refractivity contribution >= 4 is 23.8 Å². The van der Waals surface area contributed by atoms with Crippen molar-refractivity contribution in [2.75, 3.05) is 31.6 Å². The molecular weight excluding hydrogens is 264 g/mol. The van der Waals surface area contributed by atoms with Crippen molar-refractivity contribution in [3.63, 3.8) is 0 Å². The molecule has 0 aliphatic carbocycles. The van der Waals surface area contributed by atoms with Crippen LogP contribution in [0.5, 0.6) is 0 Å². The third kappa shape index (κ3) is 3.78. The van der Waals surface area contributed by atoms with Crippen LogP contribution in [0.25, 0.3) is 0 Å². The Kier molecular flexibility index (Phi) is 4.96. The van der Waals surface area contributed by atoms with Crippen molar-refractivity contribution in [2.24, 2.45) is 5.92 Å². The fraction of sp³-hybridized carbons (Fsp3) is 0.846. The number of urea groups is 1. The highest BCUT2D eigenvalue weighted by molar-refractivity contribution is 7.99. The van der Waals surface area contributed by atoms with E-state index in [1.807, 2.05) is 28.6 Å². The van der Waals surface area contributed by atoms with Crippen LogP contribution < -0.4 is 0 Å². The van der Waals surface area contributed by atoms with E-state index in [1.165, 1.54) is 0 Å². The first-order valence-electron chi connectivity index (χ1n) is 6.89. The number of nitrogens with zero attached hydrogens (tertiary/aromatic N) is 2. The van der Waals surface area contributed by atoms with E-state index in [0.29, 0.717) is 12.6 Å². The summed E-state index contributed by atoms with van der Waals surface area (Å²) in [5.74, 6) is 1.50. The first kappa shape index (κ1) is 14.5. The van der Waals surface area contributed by atoms with Crippen LogP contribution in [0.4, 0.5) is 4.79 Å². The molecule has 2 unspecified atom stereocenters. The normalized spacial score (nSPS) is 27.3. The van der Waals surface area contributed by atoms with E-state index in [4.69, 9.17) is 5.11 Å². The number of hydrogen-bond acceptors (Lipinski definition) is 3. The van der Waals surface area contributed by atoms with Crippen LogP contribution in [-0.4, -0.2) is 64.6 Å². The third-order valence-corrected chi connectivity index (χ3v) is 5.15. The maximum absolute atomic E-state index is 12.4. The third-order valence-electron chi connectivity index (χ3n) is 4.01. The monoisotopic (exact) mass is 286 g/mol. The zero-order valence-corrected chi connectivity index (χ0v) is 12.2. The molecule has 2 amide bonds. The number of carbonyl (C=O) groups excluding carboxylic acids is 1. The number of hydrogen-bond donors (Lipinski definition) is 1. The van der Waals surface area contributed by atoms with Crippen LogP contribution in [0.2, 0.25) is 0 Å². The van der Waals surface area contributed by atoms with E-state index < -0.39 is 5.97 Å². The van der Waals surface area contributed by atoms with Gasteiger partial charge in [-0.2, -0.15) is 11.8 Å². The van der Waals surface area contributed by atoms with Gasteiger partial charge in [-0.25, -0.2) is 4.79 Å². The Morgan fingerprint density at radius 1 is 1.42 bits per heavy atom. The summed E-state index contributed by atoms with van der Waals surface area (Å²) in [5, 5.41) is 8.86. The Morgan fingerprint density at radius 2 is 2.21 bits per heavy atom. The van der Waals surface area contributed by atoms with Crippen LogP contribution in [0.1, 0.15) is 25.7 Å². The Morgan fingerprint density at radius 3 is 2.84 bits per heavy atom. The number of carboxylic acids is 1. The Hall–Kier alpha value is -0.910. The second-order valence-electron chi connectivity index (χ2n) is 5.46. The lowest BCUT2D eigenvalue weighted by atomic mass is 9.95. The van der Waals surface area contributed by atoms with Gasteiger partial charge in [0.1, 0.15) is 0 Å². The number of piperidine rings is 1. The van der Waals surface area contributed by atoms with Crippen LogP contribution >= 0.6 is 11.8 Å². The van der Waals surface area contributed by atoms with E-state index in [-0.39, 0.29) is 18.4 Å². The van der Waals surface area contributed by atoms with Crippen LogP contribution in [-0.2, 0) is 4.79 Å². The number of aliphatic carboxylic acids is 1. The lowest BCUT2D eigenvalue weighted by Gasteiger charge is -2.36. The summed E-state index contributed by atoms with van der Waals surface area (Å²) >= 11 is 1.89. The van der Waals surface area contributed by atoms with Gasteiger partial charge in [-0.1, -0.05) is 0 Å². The molecule has 0 spiro atoms. The molecule has 2 saturated heterocycles. The molecule has 5 nitrogen and oxygen atoms in total.